The summed E-state index contributed by atoms with van der Waals surface area (Å²) in [6.07, 6.45) is 4.34. The maximum absolute atomic E-state index is 5.53. The zero-order chi connectivity index (χ0) is 16.4. The van der Waals surface area contributed by atoms with Crippen LogP contribution in [0, 0.1) is 0 Å². The molecule has 2 atom stereocenters. The highest BCUT2D eigenvalue weighted by molar-refractivity contribution is 5.29. The first-order chi connectivity index (χ1) is 11.8. The summed E-state index contributed by atoms with van der Waals surface area (Å²) in [5.41, 5.74) is 0.999. The number of H-pyrrole nitrogens is 1. The summed E-state index contributed by atoms with van der Waals surface area (Å²) >= 11 is 0. The minimum atomic E-state index is 0.140. The molecule has 4 rings (SSSR count). The van der Waals surface area contributed by atoms with Gasteiger partial charge in [-0.15, -0.1) is 5.10 Å². The number of benzene rings is 1. The second-order valence-electron chi connectivity index (χ2n) is 5.85. The number of nitrogens with one attached hydrogen (secondary N) is 1. The van der Waals surface area contributed by atoms with Crippen molar-refractivity contribution >= 4 is 0 Å². The maximum Gasteiger partial charge on any atom is 0.165 e. The first-order valence-corrected chi connectivity index (χ1v) is 7.91. The molecule has 0 spiro atoms. The monoisotopic (exact) mass is 325 g/mol. The number of ether oxygens (including phenoxy) is 1. The molecule has 0 unspecified atom stereocenters. The highest BCUT2D eigenvalue weighted by atomic mass is 16.5. The Morgan fingerprint density at radius 2 is 2.12 bits per heavy atom. The van der Waals surface area contributed by atoms with Crippen LogP contribution in [0.15, 0.2) is 43.0 Å². The van der Waals surface area contributed by atoms with E-state index in [2.05, 4.69) is 30.2 Å². The summed E-state index contributed by atoms with van der Waals surface area (Å²) in [5.74, 6) is 1.64. The molecule has 1 aromatic carbocycles. The van der Waals surface area contributed by atoms with Crippen LogP contribution in [0.2, 0.25) is 0 Å². The van der Waals surface area contributed by atoms with Crippen molar-refractivity contribution in [1.29, 1.82) is 0 Å². The smallest absolute Gasteiger partial charge is 0.165 e. The Bertz CT molecular complexity index is 771. The topological polar surface area (TPSA) is 84.8 Å². The van der Waals surface area contributed by atoms with Crippen LogP contribution in [0.1, 0.15) is 24.1 Å². The normalized spacial score (nSPS) is 21.4. The molecule has 0 radical (unpaired) electrons. The SMILES string of the molecule is CO[C@@H]1C[C@@H](c2ncn[nH]2)N(Cc2ncn(-c3ccccc3)n2)C1. The third-order valence-electron chi connectivity index (χ3n) is 4.35. The van der Waals surface area contributed by atoms with Gasteiger partial charge in [0.25, 0.3) is 0 Å². The van der Waals surface area contributed by atoms with Gasteiger partial charge in [0.1, 0.15) is 18.5 Å². The summed E-state index contributed by atoms with van der Waals surface area (Å²) in [6.45, 7) is 1.47. The van der Waals surface area contributed by atoms with Crippen LogP contribution < -0.4 is 0 Å². The Balaban J connectivity index is 1.52. The zero-order valence-corrected chi connectivity index (χ0v) is 13.4. The van der Waals surface area contributed by atoms with Gasteiger partial charge in [-0.2, -0.15) is 5.10 Å². The van der Waals surface area contributed by atoms with Crippen LogP contribution in [-0.4, -0.2) is 54.6 Å². The van der Waals surface area contributed by atoms with Gasteiger partial charge >= 0.3 is 0 Å². The van der Waals surface area contributed by atoms with Crippen molar-refractivity contribution in [3.63, 3.8) is 0 Å². The zero-order valence-electron chi connectivity index (χ0n) is 13.4. The van der Waals surface area contributed by atoms with Crippen LogP contribution in [0.3, 0.4) is 0 Å². The van der Waals surface area contributed by atoms with E-state index in [9.17, 15) is 0 Å². The van der Waals surface area contributed by atoms with Gasteiger partial charge in [0.15, 0.2) is 5.82 Å². The number of likely N-dealkylation sites (tertiary alicyclic amines) is 1. The fourth-order valence-electron chi connectivity index (χ4n) is 3.12. The van der Waals surface area contributed by atoms with Crippen molar-refractivity contribution < 1.29 is 4.74 Å². The first-order valence-electron chi connectivity index (χ1n) is 7.91. The predicted octanol–water partition coefficient (Wildman–Crippen LogP) is 1.35. The van der Waals surface area contributed by atoms with Crippen molar-refractivity contribution in [2.45, 2.75) is 25.1 Å². The summed E-state index contributed by atoms with van der Waals surface area (Å²) in [5, 5.41) is 11.5. The number of para-hydroxylation sites is 1. The van der Waals surface area contributed by atoms with Gasteiger partial charge in [-0.25, -0.2) is 14.6 Å². The second kappa shape index (κ2) is 6.50. The van der Waals surface area contributed by atoms with E-state index < -0.39 is 0 Å². The highest BCUT2D eigenvalue weighted by Crippen LogP contribution is 2.32. The standard InChI is InChI=1S/C16H19N7O/c1-24-13-7-14(16-17-10-19-20-16)22(8-13)9-15-18-11-23(21-15)12-5-3-2-4-6-12/h2-6,10-11,13-14H,7-9H2,1H3,(H,17,19,20)/t13-,14+/m1/s1. The minimum Gasteiger partial charge on any atom is -0.380 e. The molecule has 0 bridgehead atoms. The van der Waals surface area contributed by atoms with Crippen LogP contribution in [0.25, 0.3) is 5.69 Å². The number of aromatic amines is 1. The van der Waals surface area contributed by atoms with Crippen LogP contribution in [-0.2, 0) is 11.3 Å². The van der Waals surface area contributed by atoms with Crippen molar-refractivity contribution in [2.75, 3.05) is 13.7 Å². The third kappa shape index (κ3) is 2.93. The van der Waals surface area contributed by atoms with Crippen molar-refractivity contribution in [2.24, 2.45) is 0 Å². The molecular formula is C16H19N7O. The van der Waals surface area contributed by atoms with E-state index in [4.69, 9.17) is 4.74 Å². The number of rotatable bonds is 5. The minimum absolute atomic E-state index is 0.140. The molecule has 1 aliphatic heterocycles. The number of nitrogens with zero attached hydrogens (tertiary/aromatic N) is 6. The lowest BCUT2D eigenvalue weighted by molar-refractivity contribution is 0.107. The lowest BCUT2D eigenvalue weighted by atomic mass is 10.2. The number of methoxy groups -OCH3 is 1. The van der Waals surface area contributed by atoms with Gasteiger partial charge in [-0.3, -0.25) is 10.00 Å². The molecule has 1 fully saturated rings. The van der Waals surface area contributed by atoms with E-state index in [1.54, 1.807) is 18.1 Å². The van der Waals surface area contributed by atoms with E-state index in [1.165, 1.54) is 6.33 Å². The fourth-order valence-corrected chi connectivity index (χ4v) is 3.12. The molecule has 3 heterocycles. The molecule has 8 nitrogen and oxygen atoms in total. The van der Waals surface area contributed by atoms with Gasteiger partial charge in [-0.05, 0) is 18.6 Å². The summed E-state index contributed by atoms with van der Waals surface area (Å²) in [4.78, 5) is 11.0. The highest BCUT2D eigenvalue weighted by Gasteiger charge is 2.35. The molecule has 1 N–H and O–H groups in total. The van der Waals surface area contributed by atoms with E-state index in [1.807, 2.05) is 30.3 Å². The van der Waals surface area contributed by atoms with Crippen LogP contribution in [0.4, 0.5) is 0 Å². The van der Waals surface area contributed by atoms with E-state index in [0.29, 0.717) is 6.54 Å². The molecule has 8 heteroatoms. The number of aromatic nitrogens is 6. The molecule has 1 aliphatic rings. The van der Waals surface area contributed by atoms with Gasteiger partial charge in [0.05, 0.1) is 24.4 Å². The molecule has 1 saturated heterocycles. The first kappa shape index (κ1) is 15.0. The Kier molecular flexibility index (Phi) is 4.06. The number of hydrogen-bond donors (Lipinski definition) is 1. The molecule has 3 aromatic rings. The van der Waals surface area contributed by atoms with E-state index in [0.717, 1.165) is 30.3 Å². The van der Waals surface area contributed by atoms with Gasteiger partial charge in [0.2, 0.25) is 0 Å². The summed E-state index contributed by atoms with van der Waals surface area (Å²) in [6, 6.07) is 10.1. The third-order valence-corrected chi connectivity index (χ3v) is 4.35. The lowest BCUT2D eigenvalue weighted by Gasteiger charge is -2.20. The van der Waals surface area contributed by atoms with E-state index in [-0.39, 0.29) is 12.1 Å². The quantitative estimate of drug-likeness (QED) is 0.762. The molecule has 0 saturated carbocycles. The van der Waals surface area contributed by atoms with Crippen molar-refractivity contribution in [3.05, 3.63) is 54.6 Å². The Labute approximate surface area is 139 Å². The predicted molar refractivity (Wildman–Crippen MR) is 86.3 cm³/mol. The van der Waals surface area contributed by atoms with Gasteiger partial charge in [0, 0.05) is 13.7 Å². The molecule has 124 valence electrons. The molecule has 24 heavy (non-hydrogen) atoms. The Morgan fingerprint density at radius 3 is 2.88 bits per heavy atom. The van der Waals surface area contributed by atoms with Gasteiger partial charge in [-0.1, -0.05) is 18.2 Å². The van der Waals surface area contributed by atoms with Crippen molar-refractivity contribution in [3.8, 4) is 5.69 Å². The molecule has 2 aromatic heterocycles. The van der Waals surface area contributed by atoms with E-state index >= 15 is 0 Å². The molecule has 0 amide bonds. The average molecular weight is 325 g/mol. The summed E-state index contributed by atoms with van der Waals surface area (Å²) < 4.78 is 7.33. The lowest BCUT2D eigenvalue weighted by Crippen LogP contribution is -2.26. The van der Waals surface area contributed by atoms with Gasteiger partial charge < -0.3 is 4.74 Å². The maximum atomic E-state index is 5.53. The number of hydrogen-bond acceptors (Lipinski definition) is 6. The summed E-state index contributed by atoms with van der Waals surface area (Å²) in [7, 11) is 1.74. The van der Waals surface area contributed by atoms with Crippen LogP contribution >= 0.6 is 0 Å². The Morgan fingerprint density at radius 1 is 1.25 bits per heavy atom. The largest absolute Gasteiger partial charge is 0.380 e. The molecular weight excluding hydrogens is 306 g/mol. The van der Waals surface area contributed by atoms with Crippen molar-refractivity contribution in [1.82, 2.24) is 34.8 Å². The molecule has 0 aliphatic carbocycles. The Hall–Kier alpha value is -2.58. The second-order valence-corrected chi connectivity index (χ2v) is 5.85. The average Bonchev–Trinajstić information content (AvgIpc) is 3.36. The van der Waals surface area contributed by atoms with Crippen LogP contribution in [0.5, 0.6) is 0 Å². The fraction of sp³-hybridized carbons (Fsp3) is 0.375.